The molecule has 5 heteroatoms. The Morgan fingerprint density at radius 3 is 2.53 bits per heavy atom. The summed E-state index contributed by atoms with van der Waals surface area (Å²) in [6, 6.07) is 0. The molecule has 0 amide bonds. The second-order valence-electron chi connectivity index (χ2n) is 12.2. The molecule has 176 valence electrons. The van der Waals surface area contributed by atoms with E-state index >= 15 is 0 Å². The number of aromatic carboxylic acids is 1. The van der Waals surface area contributed by atoms with Crippen molar-refractivity contribution >= 4 is 35.8 Å². The zero-order valence-corrected chi connectivity index (χ0v) is 22.1. The van der Waals surface area contributed by atoms with E-state index in [0.29, 0.717) is 18.1 Å². The first-order chi connectivity index (χ1) is 14.9. The normalized spacial score (nSPS) is 26.1. The van der Waals surface area contributed by atoms with Crippen LogP contribution in [0.1, 0.15) is 99.3 Å². The molecule has 4 rings (SSSR count). The van der Waals surface area contributed by atoms with Crippen LogP contribution >= 0.6 is 24.2 Å². The molecule has 1 N–H and O–H groups in total. The van der Waals surface area contributed by atoms with Gasteiger partial charge in [0.25, 0.3) is 0 Å². The molecule has 0 aliphatic heterocycles. The lowest BCUT2D eigenvalue weighted by molar-refractivity contribution is 0.0695. The zero-order valence-electron chi connectivity index (χ0n) is 20.4. The molecule has 1 aromatic heterocycles. The van der Waals surface area contributed by atoms with Gasteiger partial charge in [-0.1, -0.05) is 53.2 Å². The predicted octanol–water partition coefficient (Wildman–Crippen LogP) is 7.76. The lowest BCUT2D eigenvalue weighted by Gasteiger charge is -2.48. The van der Waals surface area contributed by atoms with Crippen molar-refractivity contribution in [1.29, 1.82) is 0 Å². The Morgan fingerprint density at radius 1 is 1.16 bits per heavy atom. The average Bonchev–Trinajstić information content (AvgIpc) is 2.92. The SMILES string of the molecule is CC1(C)CCc2sc(C3=C(COS)CCC4C(=C3)C(C)(C)CCC4(C)C)c(C(=O)O)c2C1. The number of thiophene rings is 1. The Kier molecular flexibility index (Phi) is 6.26. The van der Waals surface area contributed by atoms with Crippen LogP contribution in [0.25, 0.3) is 5.57 Å². The van der Waals surface area contributed by atoms with E-state index in [1.807, 2.05) is 0 Å². The highest BCUT2D eigenvalue weighted by Crippen LogP contribution is 2.56. The Bertz CT molecular complexity index is 991. The number of hydrogen-bond acceptors (Lipinski definition) is 4. The molecule has 1 heterocycles. The smallest absolute Gasteiger partial charge is 0.337 e. The lowest BCUT2D eigenvalue weighted by atomic mass is 9.56. The van der Waals surface area contributed by atoms with Gasteiger partial charge in [-0.3, -0.25) is 0 Å². The fourth-order valence-corrected chi connectivity index (χ4v) is 7.72. The monoisotopic (exact) mass is 474 g/mol. The largest absolute Gasteiger partial charge is 0.478 e. The fraction of sp³-hybridized carbons (Fsp3) is 0.667. The van der Waals surface area contributed by atoms with E-state index in [-0.39, 0.29) is 16.2 Å². The third kappa shape index (κ3) is 4.25. The summed E-state index contributed by atoms with van der Waals surface area (Å²) in [6.07, 6.45) is 9.67. The summed E-state index contributed by atoms with van der Waals surface area (Å²) >= 11 is 5.80. The predicted molar refractivity (Wildman–Crippen MR) is 137 cm³/mol. The Morgan fingerprint density at radius 2 is 1.88 bits per heavy atom. The summed E-state index contributed by atoms with van der Waals surface area (Å²) in [5.74, 6) is -0.295. The van der Waals surface area contributed by atoms with Crippen LogP contribution in [0.5, 0.6) is 0 Å². The van der Waals surface area contributed by atoms with E-state index in [1.54, 1.807) is 11.3 Å². The highest BCUT2D eigenvalue weighted by molar-refractivity contribution is 7.75. The Hall–Kier alpha value is -1.04. The summed E-state index contributed by atoms with van der Waals surface area (Å²) in [5.41, 5.74) is 5.88. The molecule has 1 saturated carbocycles. The number of carbonyl (C=O) groups is 1. The quantitative estimate of drug-likeness (QED) is 0.346. The molecule has 1 aromatic rings. The van der Waals surface area contributed by atoms with Crippen molar-refractivity contribution in [1.82, 2.24) is 0 Å². The van der Waals surface area contributed by atoms with Gasteiger partial charge in [-0.15, -0.1) is 11.3 Å². The van der Waals surface area contributed by atoms with Crippen molar-refractivity contribution in [2.75, 3.05) is 6.61 Å². The van der Waals surface area contributed by atoms with Crippen LogP contribution in [-0.4, -0.2) is 17.7 Å². The molecule has 3 nitrogen and oxygen atoms in total. The minimum atomic E-state index is -0.795. The van der Waals surface area contributed by atoms with E-state index < -0.39 is 5.97 Å². The van der Waals surface area contributed by atoms with Gasteiger partial charge in [0.1, 0.15) is 0 Å². The lowest BCUT2D eigenvalue weighted by Crippen LogP contribution is -2.38. The maximum Gasteiger partial charge on any atom is 0.337 e. The first-order valence-corrected chi connectivity index (χ1v) is 13.1. The third-order valence-electron chi connectivity index (χ3n) is 8.38. The molecule has 0 radical (unpaired) electrons. The first kappa shape index (κ1) is 24.1. The first-order valence-electron chi connectivity index (χ1n) is 11.9. The van der Waals surface area contributed by atoms with Crippen molar-refractivity contribution in [3.63, 3.8) is 0 Å². The van der Waals surface area contributed by atoms with Crippen LogP contribution in [0.2, 0.25) is 0 Å². The second kappa shape index (κ2) is 8.32. The molecule has 3 aliphatic carbocycles. The standard InChI is InChI=1S/C27H38O3S2/c1-25(2)10-9-21-18(14-25)22(24(28)29)23(32-21)17-13-20-19(8-7-16(17)15-30-31)26(3,4)11-12-27(20,5)6/h13,19,31H,7-12,14-15H2,1-6H3,(H,28,29). The van der Waals surface area contributed by atoms with Crippen molar-refractivity contribution in [3.8, 4) is 0 Å². The molecular weight excluding hydrogens is 436 g/mol. The summed E-state index contributed by atoms with van der Waals surface area (Å²) in [6.45, 7) is 14.5. The summed E-state index contributed by atoms with van der Waals surface area (Å²) in [4.78, 5) is 14.8. The summed E-state index contributed by atoms with van der Waals surface area (Å²) in [7, 11) is 0. The van der Waals surface area contributed by atoms with Gasteiger partial charge < -0.3 is 9.29 Å². The average molecular weight is 475 g/mol. The number of allylic oxidation sites excluding steroid dienone is 3. The van der Waals surface area contributed by atoms with Gasteiger partial charge in [0, 0.05) is 9.75 Å². The number of carboxylic acid groups (broad SMARTS) is 1. The number of rotatable bonds is 4. The minimum absolute atomic E-state index is 0.116. The molecule has 0 spiro atoms. The number of fused-ring (bicyclic) bond motifs is 2. The highest BCUT2D eigenvalue weighted by atomic mass is 32.1. The fourth-order valence-electron chi connectivity index (χ4n) is 6.19. The van der Waals surface area contributed by atoms with Gasteiger partial charge >= 0.3 is 5.97 Å². The summed E-state index contributed by atoms with van der Waals surface area (Å²) < 4.78 is 5.35. The van der Waals surface area contributed by atoms with Crippen molar-refractivity contribution in [2.45, 2.75) is 86.5 Å². The number of hydrogen-bond donors (Lipinski definition) is 2. The molecule has 1 atom stereocenters. The maximum atomic E-state index is 12.6. The molecule has 3 aliphatic rings. The van der Waals surface area contributed by atoms with Crippen LogP contribution in [0.15, 0.2) is 17.2 Å². The second-order valence-corrected chi connectivity index (χ2v) is 13.6. The van der Waals surface area contributed by atoms with Crippen molar-refractivity contribution in [2.24, 2.45) is 22.2 Å². The van der Waals surface area contributed by atoms with Gasteiger partial charge in [0.15, 0.2) is 0 Å². The Labute approximate surface area is 203 Å². The van der Waals surface area contributed by atoms with Gasteiger partial charge in [-0.2, -0.15) is 0 Å². The maximum absolute atomic E-state index is 12.6. The van der Waals surface area contributed by atoms with E-state index in [4.69, 9.17) is 4.18 Å². The van der Waals surface area contributed by atoms with Gasteiger partial charge in [-0.25, -0.2) is 4.79 Å². The van der Waals surface area contributed by atoms with E-state index in [0.717, 1.165) is 54.5 Å². The van der Waals surface area contributed by atoms with E-state index in [2.05, 4.69) is 60.5 Å². The minimum Gasteiger partial charge on any atom is -0.478 e. The number of aryl methyl sites for hydroxylation is 1. The molecule has 0 saturated heterocycles. The van der Waals surface area contributed by atoms with Gasteiger partial charge in [0.2, 0.25) is 0 Å². The van der Waals surface area contributed by atoms with Crippen molar-refractivity contribution < 1.29 is 14.1 Å². The topological polar surface area (TPSA) is 46.5 Å². The van der Waals surface area contributed by atoms with Crippen LogP contribution in [-0.2, 0) is 17.0 Å². The van der Waals surface area contributed by atoms with Gasteiger partial charge in [-0.05, 0) is 96.7 Å². The molecule has 32 heavy (non-hydrogen) atoms. The molecule has 1 unspecified atom stereocenters. The molecular formula is C27H38O3S2. The highest BCUT2D eigenvalue weighted by Gasteiger charge is 2.45. The van der Waals surface area contributed by atoms with Crippen LogP contribution in [0.3, 0.4) is 0 Å². The van der Waals surface area contributed by atoms with Crippen molar-refractivity contribution in [3.05, 3.63) is 38.1 Å². The van der Waals surface area contributed by atoms with E-state index in [1.165, 1.54) is 22.4 Å². The van der Waals surface area contributed by atoms with Gasteiger partial charge in [0.05, 0.1) is 12.2 Å². The molecule has 1 fully saturated rings. The third-order valence-corrected chi connectivity index (χ3v) is 9.84. The molecule has 0 bridgehead atoms. The summed E-state index contributed by atoms with van der Waals surface area (Å²) in [5, 5.41) is 10.3. The van der Waals surface area contributed by atoms with Crippen LogP contribution < -0.4 is 0 Å². The Balaban J connectivity index is 1.94. The van der Waals surface area contributed by atoms with Crippen LogP contribution in [0.4, 0.5) is 0 Å². The van der Waals surface area contributed by atoms with Crippen LogP contribution in [0, 0.1) is 22.2 Å². The van der Waals surface area contributed by atoms with E-state index in [9.17, 15) is 9.90 Å². The zero-order chi connectivity index (χ0) is 23.5. The molecule has 0 aromatic carbocycles. The number of carboxylic acids is 1. The number of thiol groups is 1.